The second-order valence-corrected chi connectivity index (χ2v) is 8.60. The van der Waals surface area contributed by atoms with Gasteiger partial charge in [-0.05, 0) is 48.6 Å². The van der Waals surface area contributed by atoms with Crippen molar-refractivity contribution in [1.29, 1.82) is 0 Å². The molecule has 4 rings (SSSR count). The molecule has 5 heteroatoms. The zero-order valence-corrected chi connectivity index (χ0v) is 17.4. The second-order valence-electron chi connectivity index (χ2n) is 8.60. The van der Waals surface area contributed by atoms with Crippen molar-refractivity contribution in [3.63, 3.8) is 0 Å². The van der Waals surface area contributed by atoms with Crippen molar-refractivity contribution in [2.75, 3.05) is 5.32 Å². The van der Waals surface area contributed by atoms with E-state index in [1.807, 2.05) is 69.3 Å². The first-order valence-corrected chi connectivity index (χ1v) is 10.0. The number of benzene rings is 2. The molecule has 0 saturated carbocycles. The zero-order chi connectivity index (χ0) is 21.5. The maximum Gasteiger partial charge on any atom is 0.268 e. The summed E-state index contributed by atoms with van der Waals surface area (Å²) < 4.78 is 1.53. The lowest BCUT2D eigenvalue weighted by atomic mass is 9.75. The summed E-state index contributed by atoms with van der Waals surface area (Å²) in [4.78, 5) is 39.5. The number of aryl methyl sites for hydroxylation is 1. The molecule has 2 aromatic carbocycles. The Morgan fingerprint density at radius 1 is 0.967 bits per heavy atom. The number of amides is 1. The Morgan fingerprint density at radius 2 is 1.63 bits per heavy atom. The number of ketones is 1. The molecule has 0 atom stereocenters. The molecule has 0 spiro atoms. The van der Waals surface area contributed by atoms with Crippen LogP contribution in [-0.4, -0.2) is 16.3 Å². The third kappa shape index (κ3) is 3.59. The molecule has 3 aromatic rings. The molecule has 0 unspecified atom stereocenters. The average Bonchev–Trinajstić information content (AvgIpc) is 2.69. The molecule has 0 fully saturated rings. The molecule has 1 N–H and O–H groups in total. The quantitative estimate of drug-likeness (QED) is 0.701. The van der Waals surface area contributed by atoms with Crippen molar-refractivity contribution >= 4 is 17.4 Å². The number of Topliss-reactive ketones (excluding diaryl/α,β-unsaturated/α-hetero) is 1. The van der Waals surface area contributed by atoms with Gasteiger partial charge in [0.1, 0.15) is 5.56 Å². The van der Waals surface area contributed by atoms with Gasteiger partial charge in [-0.15, -0.1) is 0 Å². The summed E-state index contributed by atoms with van der Waals surface area (Å²) in [5, 5.41) is 2.82. The summed E-state index contributed by atoms with van der Waals surface area (Å²) in [6, 6.07) is 18.0. The van der Waals surface area contributed by atoms with Crippen molar-refractivity contribution in [2.45, 2.75) is 33.6 Å². The Morgan fingerprint density at radius 3 is 2.33 bits per heavy atom. The number of anilines is 1. The number of hydrogen-bond acceptors (Lipinski definition) is 3. The van der Waals surface area contributed by atoms with Crippen molar-refractivity contribution in [3.8, 4) is 5.69 Å². The van der Waals surface area contributed by atoms with Crippen molar-refractivity contribution < 1.29 is 9.59 Å². The van der Waals surface area contributed by atoms with E-state index in [4.69, 9.17) is 0 Å². The lowest BCUT2D eigenvalue weighted by molar-refractivity contribution is 0.0909. The molecule has 1 amide bonds. The highest BCUT2D eigenvalue weighted by Gasteiger charge is 2.35. The fourth-order valence-corrected chi connectivity index (χ4v) is 4.03. The largest absolute Gasteiger partial charge is 0.322 e. The van der Waals surface area contributed by atoms with Crippen LogP contribution in [0.15, 0.2) is 65.5 Å². The number of pyridine rings is 1. The number of carbonyl (C=O) groups is 2. The first-order chi connectivity index (χ1) is 14.3. The topological polar surface area (TPSA) is 68.2 Å². The number of nitrogens with one attached hydrogen (secondary N) is 1. The molecule has 0 saturated heterocycles. The molecule has 1 heterocycles. The monoisotopic (exact) mass is 400 g/mol. The highest BCUT2D eigenvalue weighted by molar-refractivity contribution is 6.07. The first-order valence-electron chi connectivity index (χ1n) is 10.0. The van der Waals surface area contributed by atoms with Gasteiger partial charge in [-0.2, -0.15) is 0 Å². The van der Waals surface area contributed by atoms with Crippen LogP contribution in [0.25, 0.3) is 5.69 Å². The van der Waals surface area contributed by atoms with Crippen LogP contribution in [-0.2, 0) is 6.42 Å². The molecule has 152 valence electrons. The van der Waals surface area contributed by atoms with Gasteiger partial charge in [0.15, 0.2) is 5.78 Å². The summed E-state index contributed by atoms with van der Waals surface area (Å²) in [6.45, 7) is 5.93. The predicted molar refractivity (Wildman–Crippen MR) is 118 cm³/mol. The molecule has 0 bridgehead atoms. The molecule has 1 aliphatic carbocycles. The van der Waals surface area contributed by atoms with Crippen molar-refractivity contribution in [2.24, 2.45) is 5.41 Å². The number of aromatic nitrogens is 1. The van der Waals surface area contributed by atoms with Crippen molar-refractivity contribution in [3.05, 3.63) is 93.4 Å². The standard InChI is InChI=1S/C25H24N2O3/c1-16-9-7-8-12-20(16)26-23(29)19-13-18-21(14-25(2,3)15-22(18)28)27(24(19)30)17-10-5-4-6-11-17/h4-13H,14-15H2,1-3H3,(H,26,29). The van der Waals surface area contributed by atoms with Crippen LogP contribution in [0.5, 0.6) is 0 Å². The summed E-state index contributed by atoms with van der Waals surface area (Å²) in [6.07, 6.45) is 0.962. The third-order valence-electron chi connectivity index (χ3n) is 5.54. The van der Waals surface area contributed by atoms with Crippen LogP contribution in [0.4, 0.5) is 5.69 Å². The molecule has 0 radical (unpaired) electrons. The number of nitrogens with zero attached hydrogens (tertiary/aromatic N) is 1. The number of hydrogen-bond donors (Lipinski definition) is 1. The van der Waals surface area contributed by atoms with E-state index in [2.05, 4.69) is 5.32 Å². The van der Waals surface area contributed by atoms with Crippen LogP contribution in [0, 0.1) is 12.3 Å². The van der Waals surface area contributed by atoms with Gasteiger partial charge in [0.25, 0.3) is 11.5 Å². The van der Waals surface area contributed by atoms with Crippen LogP contribution in [0.2, 0.25) is 0 Å². The highest BCUT2D eigenvalue weighted by Crippen LogP contribution is 2.35. The predicted octanol–water partition coefficient (Wildman–Crippen LogP) is 4.55. The smallest absolute Gasteiger partial charge is 0.268 e. The minimum atomic E-state index is -0.514. The molecule has 0 aliphatic heterocycles. The van der Waals surface area contributed by atoms with E-state index in [0.29, 0.717) is 35.5 Å². The van der Waals surface area contributed by atoms with E-state index in [1.165, 1.54) is 10.6 Å². The molecular weight excluding hydrogens is 376 g/mol. The number of para-hydroxylation sites is 2. The van der Waals surface area contributed by atoms with Gasteiger partial charge in [0, 0.05) is 29.1 Å². The third-order valence-corrected chi connectivity index (χ3v) is 5.54. The minimum Gasteiger partial charge on any atom is -0.322 e. The van der Waals surface area contributed by atoms with Gasteiger partial charge < -0.3 is 5.32 Å². The average molecular weight is 400 g/mol. The molecule has 5 nitrogen and oxygen atoms in total. The van der Waals surface area contributed by atoms with Gasteiger partial charge >= 0.3 is 0 Å². The maximum atomic E-state index is 13.5. The maximum absolute atomic E-state index is 13.5. The number of carbonyl (C=O) groups excluding carboxylic acids is 2. The minimum absolute atomic E-state index is 0.0334. The van der Waals surface area contributed by atoms with Crippen molar-refractivity contribution in [1.82, 2.24) is 4.57 Å². The molecule has 30 heavy (non-hydrogen) atoms. The molecule has 1 aliphatic rings. The van der Waals surface area contributed by atoms with Crippen LogP contribution in [0.3, 0.4) is 0 Å². The number of rotatable bonds is 3. The Labute approximate surface area is 175 Å². The van der Waals surface area contributed by atoms with E-state index >= 15 is 0 Å². The molecule has 1 aromatic heterocycles. The van der Waals surface area contributed by atoms with Gasteiger partial charge in [0.05, 0.1) is 0 Å². The van der Waals surface area contributed by atoms with Crippen LogP contribution < -0.4 is 10.9 Å². The van der Waals surface area contributed by atoms with Gasteiger partial charge in [-0.1, -0.05) is 50.2 Å². The highest BCUT2D eigenvalue weighted by atomic mass is 16.2. The summed E-state index contributed by atoms with van der Waals surface area (Å²) in [5.74, 6) is -0.560. The Bertz CT molecular complexity index is 1210. The lowest BCUT2D eigenvalue weighted by Gasteiger charge is -2.32. The Kier molecular flexibility index (Phi) is 4.90. The summed E-state index contributed by atoms with van der Waals surface area (Å²) in [5.41, 5.74) is 2.59. The SMILES string of the molecule is Cc1ccccc1NC(=O)c1cc2c(n(-c3ccccc3)c1=O)CC(C)(C)CC2=O. The summed E-state index contributed by atoms with van der Waals surface area (Å²) in [7, 11) is 0. The fourth-order valence-electron chi connectivity index (χ4n) is 4.03. The van der Waals surface area contributed by atoms with E-state index < -0.39 is 11.5 Å². The zero-order valence-electron chi connectivity index (χ0n) is 17.4. The van der Waals surface area contributed by atoms with Crippen LogP contribution in [0.1, 0.15) is 52.2 Å². The van der Waals surface area contributed by atoms with Gasteiger partial charge in [-0.25, -0.2) is 0 Å². The van der Waals surface area contributed by atoms with E-state index in [-0.39, 0.29) is 16.8 Å². The van der Waals surface area contributed by atoms with E-state index in [1.54, 1.807) is 6.07 Å². The first kappa shape index (κ1) is 19.8. The fraction of sp³-hybridized carbons (Fsp3) is 0.240. The Balaban J connectivity index is 1.90. The summed E-state index contributed by atoms with van der Waals surface area (Å²) >= 11 is 0. The lowest BCUT2D eigenvalue weighted by Crippen LogP contribution is -2.37. The number of fused-ring (bicyclic) bond motifs is 1. The normalized spacial score (nSPS) is 14.8. The van der Waals surface area contributed by atoms with Gasteiger partial charge in [0.2, 0.25) is 0 Å². The van der Waals surface area contributed by atoms with E-state index in [9.17, 15) is 14.4 Å². The van der Waals surface area contributed by atoms with Gasteiger partial charge in [-0.3, -0.25) is 19.0 Å². The Hall–Kier alpha value is -3.47. The van der Waals surface area contributed by atoms with Crippen LogP contribution >= 0.6 is 0 Å². The van der Waals surface area contributed by atoms with E-state index in [0.717, 1.165) is 5.56 Å². The second kappa shape index (κ2) is 7.41. The molecular formula is C25H24N2O3.